The molecular weight excluding hydrogens is 218 g/mol. The first kappa shape index (κ1) is 10.5. The minimum absolute atomic E-state index is 0.766. The van der Waals surface area contributed by atoms with Crippen molar-refractivity contribution in [3.8, 4) is 0 Å². The van der Waals surface area contributed by atoms with Crippen LogP contribution >= 0.6 is 0 Å². The molecule has 0 spiro atoms. The Bertz CT molecular complexity index is 518. The van der Waals surface area contributed by atoms with Crippen LogP contribution in [0.4, 0.5) is 5.82 Å². The van der Waals surface area contributed by atoms with Crippen molar-refractivity contribution < 1.29 is 4.74 Å². The predicted molar refractivity (Wildman–Crippen MR) is 63.2 cm³/mol. The fourth-order valence-corrected chi connectivity index (χ4v) is 2.01. The summed E-state index contributed by atoms with van der Waals surface area (Å²) in [4.78, 5) is 2.22. The van der Waals surface area contributed by atoms with Crippen LogP contribution in [0, 0.1) is 0 Å². The van der Waals surface area contributed by atoms with E-state index < -0.39 is 0 Å². The van der Waals surface area contributed by atoms with Gasteiger partial charge in [0.2, 0.25) is 0 Å². The average Bonchev–Trinajstić information content (AvgIpc) is 2.81. The second-order valence-corrected chi connectivity index (χ2v) is 4.03. The number of aromatic nitrogens is 4. The molecule has 3 heterocycles. The summed E-state index contributed by atoms with van der Waals surface area (Å²) < 4.78 is 7.16. The highest BCUT2D eigenvalue weighted by molar-refractivity contribution is 5.45. The maximum atomic E-state index is 5.34. The van der Waals surface area contributed by atoms with Crippen molar-refractivity contribution in [2.75, 3.05) is 31.2 Å². The number of aryl methyl sites for hydroxylation is 1. The number of nitrogens with zero attached hydrogens (tertiary/aromatic N) is 5. The Labute approximate surface area is 99.2 Å². The zero-order valence-electron chi connectivity index (χ0n) is 9.83. The third-order valence-corrected chi connectivity index (χ3v) is 2.96. The summed E-state index contributed by atoms with van der Waals surface area (Å²) in [5.41, 5.74) is 0.804. The lowest BCUT2D eigenvalue weighted by Crippen LogP contribution is -2.37. The molecular formula is C11H15N5O. The second-order valence-electron chi connectivity index (χ2n) is 4.03. The molecule has 2 aromatic heterocycles. The van der Waals surface area contributed by atoms with Gasteiger partial charge < -0.3 is 9.64 Å². The van der Waals surface area contributed by atoms with E-state index in [9.17, 15) is 0 Å². The van der Waals surface area contributed by atoms with Crippen molar-refractivity contribution in [3.05, 3.63) is 18.0 Å². The molecule has 90 valence electrons. The molecule has 0 amide bonds. The standard InChI is InChI=1S/C11H15N5O/c1-2-9-12-13-10-3-4-11(14-16(9)10)15-5-7-17-8-6-15/h3-4H,2,5-8H2,1H3. The smallest absolute Gasteiger partial charge is 0.178 e. The molecule has 0 bridgehead atoms. The summed E-state index contributed by atoms with van der Waals surface area (Å²) >= 11 is 0. The zero-order chi connectivity index (χ0) is 11.7. The van der Waals surface area contributed by atoms with Crippen LogP contribution in [0.5, 0.6) is 0 Å². The molecule has 0 N–H and O–H groups in total. The van der Waals surface area contributed by atoms with Crippen LogP contribution in [0.1, 0.15) is 12.7 Å². The third kappa shape index (κ3) is 1.84. The van der Waals surface area contributed by atoms with Gasteiger partial charge in [-0.1, -0.05) is 6.92 Å². The molecule has 0 unspecified atom stereocenters. The van der Waals surface area contributed by atoms with Crippen LogP contribution in [-0.2, 0) is 11.2 Å². The van der Waals surface area contributed by atoms with Gasteiger partial charge >= 0.3 is 0 Å². The molecule has 1 saturated heterocycles. The Balaban J connectivity index is 1.99. The minimum Gasteiger partial charge on any atom is -0.378 e. The normalized spacial score (nSPS) is 16.6. The number of rotatable bonds is 2. The van der Waals surface area contributed by atoms with Gasteiger partial charge in [0.05, 0.1) is 13.2 Å². The Morgan fingerprint density at radius 1 is 1.24 bits per heavy atom. The van der Waals surface area contributed by atoms with E-state index in [0.29, 0.717) is 0 Å². The first-order valence-corrected chi connectivity index (χ1v) is 5.92. The second kappa shape index (κ2) is 4.29. The molecule has 3 rings (SSSR count). The Morgan fingerprint density at radius 2 is 2.06 bits per heavy atom. The average molecular weight is 233 g/mol. The van der Waals surface area contributed by atoms with Gasteiger partial charge in [-0.15, -0.1) is 15.3 Å². The zero-order valence-corrected chi connectivity index (χ0v) is 9.83. The molecule has 6 nitrogen and oxygen atoms in total. The van der Waals surface area contributed by atoms with Crippen molar-refractivity contribution >= 4 is 11.5 Å². The van der Waals surface area contributed by atoms with Crippen LogP contribution in [0.25, 0.3) is 5.65 Å². The number of hydrogen-bond donors (Lipinski definition) is 0. The largest absolute Gasteiger partial charge is 0.378 e. The molecule has 0 radical (unpaired) electrons. The Hall–Kier alpha value is -1.69. The van der Waals surface area contributed by atoms with Gasteiger partial charge in [-0.3, -0.25) is 0 Å². The van der Waals surface area contributed by atoms with E-state index in [1.165, 1.54) is 0 Å². The number of morpholine rings is 1. The molecule has 17 heavy (non-hydrogen) atoms. The van der Waals surface area contributed by atoms with Gasteiger partial charge in [0.1, 0.15) is 5.82 Å². The lowest BCUT2D eigenvalue weighted by atomic mass is 10.4. The van der Waals surface area contributed by atoms with E-state index in [1.807, 2.05) is 16.6 Å². The number of fused-ring (bicyclic) bond motifs is 1. The summed E-state index contributed by atoms with van der Waals surface area (Å²) in [6.45, 7) is 5.37. The van der Waals surface area contributed by atoms with E-state index in [1.54, 1.807) is 0 Å². The van der Waals surface area contributed by atoms with E-state index >= 15 is 0 Å². The predicted octanol–water partition coefficient (Wildman–Crippen LogP) is 0.523. The molecule has 1 aliphatic heterocycles. The van der Waals surface area contributed by atoms with E-state index in [4.69, 9.17) is 4.74 Å². The van der Waals surface area contributed by atoms with Gasteiger partial charge in [-0.05, 0) is 12.1 Å². The molecule has 2 aromatic rings. The van der Waals surface area contributed by atoms with Gasteiger partial charge in [-0.25, -0.2) is 0 Å². The SMILES string of the molecule is CCc1nnc2ccc(N3CCOCC3)nn12. The Kier molecular flexibility index (Phi) is 2.64. The summed E-state index contributed by atoms with van der Waals surface area (Å²) in [6, 6.07) is 3.96. The minimum atomic E-state index is 0.766. The maximum Gasteiger partial charge on any atom is 0.178 e. The summed E-state index contributed by atoms with van der Waals surface area (Å²) in [6.07, 6.45) is 0.834. The summed E-state index contributed by atoms with van der Waals surface area (Å²) in [5, 5.41) is 12.8. The highest BCUT2D eigenvalue weighted by Crippen LogP contribution is 2.13. The third-order valence-electron chi connectivity index (χ3n) is 2.96. The van der Waals surface area contributed by atoms with Crippen molar-refractivity contribution in [3.63, 3.8) is 0 Å². The van der Waals surface area contributed by atoms with E-state index in [0.717, 1.165) is 50.0 Å². The first-order chi connectivity index (χ1) is 8.38. The molecule has 1 aliphatic rings. The molecule has 0 saturated carbocycles. The van der Waals surface area contributed by atoms with Crippen molar-refractivity contribution in [2.45, 2.75) is 13.3 Å². The molecule has 0 aliphatic carbocycles. The maximum absolute atomic E-state index is 5.34. The molecule has 0 aromatic carbocycles. The summed E-state index contributed by atoms with van der Waals surface area (Å²) in [7, 11) is 0. The van der Waals surface area contributed by atoms with Crippen LogP contribution < -0.4 is 4.90 Å². The molecule has 0 atom stereocenters. The number of hydrogen-bond acceptors (Lipinski definition) is 5. The fourth-order valence-electron chi connectivity index (χ4n) is 2.01. The fraction of sp³-hybridized carbons (Fsp3) is 0.545. The van der Waals surface area contributed by atoms with Crippen LogP contribution in [-0.4, -0.2) is 46.1 Å². The Morgan fingerprint density at radius 3 is 2.82 bits per heavy atom. The summed E-state index contributed by atoms with van der Waals surface area (Å²) in [5.74, 6) is 1.87. The molecule has 1 fully saturated rings. The first-order valence-electron chi connectivity index (χ1n) is 5.92. The lowest BCUT2D eigenvalue weighted by molar-refractivity contribution is 0.122. The number of ether oxygens (including phenoxy) is 1. The molecule has 6 heteroatoms. The van der Waals surface area contributed by atoms with Crippen LogP contribution in [0.15, 0.2) is 12.1 Å². The monoisotopic (exact) mass is 233 g/mol. The topological polar surface area (TPSA) is 55.5 Å². The lowest BCUT2D eigenvalue weighted by Gasteiger charge is -2.27. The van der Waals surface area contributed by atoms with Crippen molar-refractivity contribution in [1.29, 1.82) is 0 Å². The van der Waals surface area contributed by atoms with Gasteiger partial charge in [-0.2, -0.15) is 4.52 Å². The van der Waals surface area contributed by atoms with Crippen LogP contribution in [0.3, 0.4) is 0 Å². The quantitative estimate of drug-likeness (QED) is 0.757. The number of anilines is 1. The van der Waals surface area contributed by atoms with Gasteiger partial charge in [0.15, 0.2) is 11.5 Å². The van der Waals surface area contributed by atoms with E-state index in [-0.39, 0.29) is 0 Å². The van der Waals surface area contributed by atoms with Crippen molar-refractivity contribution in [2.24, 2.45) is 0 Å². The highest BCUT2D eigenvalue weighted by atomic mass is 16.5. The van der Waals surface area contributed by atoms with Crippen LogP contribution in [0.2, 0.25) is 0 Å². The van der Waals surface area contributed by atoms with Gasteiger partial charge in [0, 0.05) is 19.5 Å². The highest BCUT2D eigenvalue weighted by Gasteiger charge is 2.14. The van der Waals surface area contributed by atoms with Crippen molar-refractivity contribution in [1.82, 2.24) is 19.8 Å². The van der Waals surface area contributed by atoms with Gasteiger partial charge in [0.25, 0.3) is 0 Å². The van der Waals surface area contributed by atoms with E-state index in [2.05, 4.69) is 27.1 Å².